The molecule has 0 aromatic rings. The Balaban J connectivity index is 2.34. The molecule has 1 saturated heterocycles. The van der Waals surface area contributed by atoms with Crippen molar-refractivity contribution in [3.05, 3.63) is 0 Å². The molecule has 0 spiro atoms. The number of aliphatic hydroxyl groups is 1. The average Bonchev–Trinajstić information content (AvgIpc) is 2.43. The monoisotopic (exact) mass is 298 g/mol. The number of nitrogens with zero attached hydrogens (tertiary/aromatic N) is 1. The summed E-state index contributed by atoms with van der Waals surface area (Å²) in [5, 5.41) is 13.8. The Morgan fingerprint density at radius 3 is 2.14 bits per heavy atom. The summed E-state index contributed by atoms with van der Waals surface area (Å²) in [6, 6.07) is 0.424. The largest absolute Gasteiger partial charge is 0.389 e. The highest BCUT2D eigenvalue weighted by Crippen LogP contribution is 2.22. The first-order valence-electron chi connectivity index (χ1n) is 8.42. The van der Waals surface area contributed by atoms with E-state index >= 15 is 0 Å². The van der Waals surface area contributed by atoms with E-state index in [0.29, 0.717) is 19.0 Å². The number of likely N-dealkylation sites (tertiary alicyclic amines) is 1. The SMILES string of the molecule is CCC(O)(CC)CNC1CCN(C(=O)CC(C)(C)C)CC1. The highest BCUT2D eigenvalue weighted by molar-refractivity contribution is 5.76. The molecule has 124 valence electrons. The van der Waals surface area contributed by atoms with Gasteiger partial charge in [0.1, 0.15) is 0 Å². The fraction of sp³-hybridized carbons (Fsp3) is 0.941. The number of rotatable bonds is 6. The van der Waals surface area contributed by atoms with Crippen LogP contribution in [0.2, 0.25) is 0 Å². The summed E-state index contributed by atoms with van der Waals surface area (Å²) in [6.45, 7) is 12.7. The van der Waals surface area contributed by atoms with Gasteiger partial charge in [-0.1, -0.05) is 34.6 Å². The molecule has 0 bridgehead atoms. The standard InChI is InChI=1S/C17H34N2O2/c1-6-17(21,7-2)13-18-14-8-10-19(11-9-14)15(20)12-16(3,4)5/h14,18,21H,6-13H2,1-5H3. The van der Waals surface area contributed by atoms with E-state index in [4.69, 9.17) is 0 Å². The van der Waals surface area contributed by atoms with Crippen molar-refractivity contribution in [2.75, 3.05) is 19.6 Å². The molecule has 4 heteroatoms. The molecular weight excluding hydrogens is 264 g/mol. The Labute approximate surface area is 130 Å². The van der Waals surface area contributed by atoms with Crippen molar-refractivity contribution < 1.29 is 9.90 Å². The highest BCUT2D eigenvalue weighted by Gasteiger charge is 2.28. The van der Waals surface area contributed by atoms with E-state index < -0.39 is 5.60 Å². The van der Waals surface area contributed by atoms with Crippen LogP contribution >= 0.6 is 0 Å². The van der Waals surface area contributed by atoms with Crippen molar-refractivity contribution in [2.24, 2.45) is 5.41 Å². The van der Waals surface area contributed by atoms with Gasteiger partial charge in [0.05, 0.1) is 5.60 Å². The van der Waals surface area contributed by atoms with Crippen molar-refractivity contribution in [2.45, 2.75) is 78.4 Å². The zero-order chi connectivity index (χ0) is 16.1. The second-order valence-corrected chi connectivity index (χ2v) is 7.70. The summed E-state index contributed by atoms with van der Waals surface area (Å²) < 4.78 is 0. The van der Waals surface area contributed by atoms with Gasteiger partial charge < -0.3 is 15.3 Å². The maximum atomic E-state index is 12.2. The first-order chi connectivity index (χ1) is 9.69. The summed E-state index contributed by atoms with van der Waals surface area (Å²) in [6.07, 6.45) is 4.15. The Hall–Kier alpha value is -0.610. The molecule has 1 aliphatic heterocycles. The lowest BCUT2D eigenvalue weighted by atomic mass is 9.91. The number of hydrogen-bond donors (Lipinski definition) is 2. The van der Waals surface area contributed by atoms with Crippen LogP contribution < -0.4 is 5.32 Å². The predicted molar refractivity (Wildman–Crippen MR) is 87.2 cm³/mol. The first kappa shape index (κ1) is 18.4. The van der Waals surface area contributed by atoms with Crippen LogP contribution in [-0.2, 0) is 4.79 Å². The van der Waals surface area contributed by atoms with E-state index in [1.807, 2.05) is 18.7 Å². The molecule has 0 unspecified atom stereocenters. The summed E-state index contributed by atoms with van der Waals surface area (Å²) in [5.41, 5.74) is -0.524. The molecule has 1 amide bonds. The molecule has 1 heterocycles. The molecule has 0 aromatic heterocycles. The lowest BCUT2D eigenvalue weighted by Gasteiger charge is -2.36. The van der Waals surface area contributed by atoms with Gasteiger partial charge in [0.15, 0.2) is 0 Å². The van der Waals surface area contributed by atoms with E-state index in [1.54, 1.807) is 0 Å². The second-order valence-electron chi connectivity index (χ2n) is 7.70. The van der Waals surface area contributed by atoms with Crippen LogP contribution in [-0.4, -0.2) is 47.2 Å². The van der Waals surface area contributed by atoms with Crippen molar-refractivity contribution in [1.29, 1.82) is 0 Å². The summed E-state index contributed by atoms with van der Waals surface area (Å²) in [5.74, 6) is 0.277. The van der Waals surface area contributed by atoms with Crippen LogP contribution in [0.15, 0.2) is 0 Å². The zero-order valence-electron chi connectivity index (χ0n) is 14.5. The minimum atomic E-state index is -0.584. The summed E-state index contributed by atoms with van der Waals surface area (Å²) in [7, 11) is 0. The van der Waals surface area contributed by atoms with Gasteiger partial charge in [0, 0.05) is 32.1 Å². The molecule has 1 rings (SSSR count). The zero-order valence-corrected chi connectivity index (χ0v) is 14.5. The van der Waals surface area contributed by atoms with Crippen molar-refractivity contribution in [1.82, 2.24) is 10.2 Å². The molecule has 1 aliphatic rings. The van der Waals surface area contributed by atoms with Crippen molar-refractivity contribution in [3.63, 3.8) is 0 Å². The molecule has 21 heavy (non-hydrogen) atoms. The molecule has 0 saturated carbocycles. The molecule has 0 aromatic carbocycles. The van der Waals surface area contributed by atoms with Gasteiger partial charge in [-0.05, 0) is 31.1 Å². The van der Waals surface area contributed by atoms with Gasteiger partial charge in [-0.25, -0.2) is 0 Å². The third kappa shape index (κ3) is 6.35. The van der Waals surface area contributed by atoms with Crippen LogP contribution in [0.5, 0.6) is 0 Å². The Morgan fingerprint density at radius 1 is 1.19 bits per heavy atom. The number of hydrogen-bond acceptors (Lipinski definition) is 3. The van der Waals surface area contributed by atoms with E-state index in [-0.39, 0.29) is 11.3 Å². The smallest absolute Gasteiger partial charge is 0.223 e. The van der Waals surface area contributed by atoms with Gasteiger partial charge in [-0.15, -0.1) is 0 Å². The van der Waals surface area contributed by atoms with Gasteiger partial charge >= 0.3 is 0 Å². The van der Waals surface area contributed by atoms with Crippen LogP contribution in [0.1, 0.15) is 66.7 Å². The lowest BCUT2D eigenvalue weighted by molar-refractivity contribution is -0.134. The van der Waals surface area contributed by atoms with Crippen LogP contribution in [0, 0.1) is 5.41 Å². The Morgan fingerprint density at radius 2 is 1.71 bits per heavy atom. The maximum Gasteiger partial charge on any atom is 0.223 e. The topological polar surface area (TPSA) is 52.6 Å². The first-order valence-corrected chi connectivity index (χ1v) is 8.42. The lowest BCUT2D eigenvalue weighted by Crippen LogP contribution is -2.49. The molecule has 2 N–H and O–H groups in total. The highest BCUT2D eigenvalue weighted by atomic mass is 16.3. The van der Waals surface area contributed by atoms with E-state index in [9.17, 15) is 9.90 Å². The van der Waals surface area contributed by atoms with Crippen molar-refractivity contribution >= 4 is 5.91 Å². The second kappa shape index (κ2) is 7.59. The third-order valence-corrected chi connectivity index (χ3v) is 4.57. The van der Waals surface area contributed by atoms with Gasteiger partial charge in [-0.2, -0.15) is 0 Å². The summed E-state index contributed by atoms with van der Waals surface area (Å²) >= 11 is 0. The minimum absolute atomic E-state index is 0.0604. The minimum Gasteiger partial charge on any atom is -0.389 e. The molecule has 1 fully saturated rings. The molecule has 0 atom stereocenters. The Bertz CT molecular complexity index is 324. The van der Waals surface area contributed by atoms with Crippen LogP contribution in [0.25, 0.3) is 0 Å². The number of nitrogens with one attached hydrogen (secondary N) is 1. The van der Waals surface area contributed by atoms with E-state index in [1.165, 1.54) is 0 Å². The van der Waals surface area contributed by atoms with E-state index in [0.717, 1.165) is 38.8 Å². The van der Waals surface area contributed by atoms with Gasteiger partial charge in [0.25, 0.3) is 0 Å². The fourth-order valence-corrected chi connectivity index (χ4v) is 2.73. The van der Waals surface area contributed by atoms with Crippen molar-refractivity contribution in [3.8, 4) is 0 Å². The van der Waals surface area contributed by atoms with Crippen LogP contribution in [0.3, 0.4) is 0 Å². The quantitative estimate of drug-likeness (QED) is 0.792. The van der Waals surface area contributed by atoms with Gasteiger partial charge in [-0.3, -0.25) is 4.79 Å². The maximum absolute atomic E-state index is 12.2. The normalized spacial score (nSPS) is 18.1. The molecular formula is C17H34N2O2. The number of carbonyl (C=O) groups is 1. The Kier molecular flexibility index (Phi) is 6.67. The predicted octanol–water partition coefficient (Wildman–Crippen LogP) is 2.55. The molecule has 0 aliphatic carbocycles. The number of carbonyl (C=O) groups excluding carboxylic acids is 1. The average molecular weight is 298 g/mol. The van der Waals surface area contributed by atoms with Crippen LogP contribution in [0.4, 0.5) is 0 Å². The number of amides is 1. The van der Waals surface area contributed by atoms with Gasteiger partial charge in [0.2, 0.25) is 5.91 Å². The summed E-state index contributed by atoms with van der Waals surface area (Å²) in [4.78, 5) is 14.2. The van der Waals surface area contributed by atoms with E-state index in [2.05, 4.69) is 26.1 Å². The molecule has 4 nitrogen and oxygen atoms in total. The number of piperidine rings is 1. The fourth-order valence-electron chi connectivity index (χ4n) is 2.73. The molecule has 0 radical (unpaired) electrons. The third-order valence-electron chi connectivity index (χ3n) is 4.57.